The van der Waals surface area contributed by atoms with Gasteiger partial charge in [0.05, 0.1) is 11.9 Å². The fourth-order valence-corrected chi connectivity index (χ4v) is 1.14. The van der Waals surface area contributed by atoms with E-state index in [1.54, 1.807) is 31.0 Å². The van der Waals surface area contributed by atoms with Crippen molar-refractivity contribution in [1.82, 2.24) is 10.7 Å². The smallest absolute Gasteiger partial charge is 0.0888 e. The number of pyridine rings is 1. The molecule has 0 saturated heterocycles. The van der Waals surface area contributed by atoms with Gasteiger partial charge in [0.25, 0.3) is 0 Å². The van der Waals surface area contributed by atoms with E-state index in [-0.39, 0.29) is 0 Å². The summed E-state index contributed by atoms with van der Waals surface area (Å²) in [6.07, 6.45) is 10.1. The molecule has 0 bridgehead atoms. The van der Waals surface area contributed by atoms with Crippen molar-refractivity contribution in [3.8, 4) is 0 Å². The van der Waals surface area contributed by atoms with Gasteiger partial charge in [0.1, 0.15) is 0 Å². The predicted octanol–water partition coefficient (Wildman–Crippen LogP) is 1.57. The van der Waals surface area contributed by atoms with Crippen LogP contribution in [0.15, 0.2) is 53.8 Å². The highest BCUT2D eigenvalue weighted by atomic mass is 15.1. The van der Waals surface area contributed by atoms with Crippen LogP contribution in [0.25, 0.3) is 0 Å². The molecule has 0 unspecified atom stereocenters. The molecule has 0 fully saturated rings. The van der Waals surface area contributed by atoms with Gasteiger partial charge in [-0.05, 0) is 12.1 Å². The third-order valence-corrected chi connectivity index (χ3v) is 1.77. The van der Waals surface area contributed by atoms with Crippen molar-refractivity contribution in [3.63, 3.8) is 0 Å². The average Bonchev–Trinajstić information content (AvgIpc) is 2.44. The molecule has 1 aliphatic rings. The Balaban J connectivity index is 2.32. The third kappa shape index (κ3) is 1.80. The van der Waals surface area contributed by atoms with E-state index in [1.807, 2.05) is 17.0 Å². The Morgan fingerprint density at radius 2 is 2.00 bits per heavy atom. The maximum absolute atomic E-state index is 7.51. The molecule has 1 aliphatic heterocycles. The van der Waals surface area contributed by atoms with Gasteiger partial charge in [-0.25, -0.2) is 0 Å². The molecule has 0 spiro atoms. The highest BCUT2D eigenvalue weighted by Gasteiger charge is 2.01. The summed E-state index contributed by atoms with van der Waals surface area (Å²) in [5, 5.41) is 0. The molecule has 69 valence electrons. The quantitative estimate of drug-likeness (QED) is 0.666. The molecule has 0 saturated carbocycles. The number of rotatable bonds is 1. The van der Waals surface area contributed by atoms with Crippen LogP contribution in [0, 0.1) is 0 Å². The highest BCUT2D eigenvalue weighted by molar-refractivity contribution is 5.79. The Bertz CT molecular complexity index is 392. The second-order valence-electron chi connectivity index (χ2n) is 2.77. The zero-order chi connectivity index (χ0) is 9.80. The summed E-state index contributed by atoms with van der Waals surface area (Å²) in [6.45, 7) is 0. The number of nitrogens with one attached hydrogen (secondary N) is 1. The van der Waals surface area contributed by atoms with E-state index in [9.17, 15) is 0 Å². The Morgan fingerprint density at radius 1 is 1.21 bits per heavy atom. The Kier molecular flexibility index (Phi) is 2.27. The first-order chi connectivity index (χ1) is 6.86. The standard InChI is InChI=1S/C10H9N4/c11-9-7-13-5-6-14(8-9)10-1-3-12-4-2-10/h1-8,11H. The molecule has 2 rings (SSSR count). The molecule has 0 atom stereocenters. The molecule has 1 aromatic heterocycles. The van der Waals surface area contributed by atoms with Crippen LogP contribution in [-0.2, 0) is 0 Å². The Hall–Kier alpha value is -2.10. The molecule has 0 amide bonds. The normalized spacial score (nSPS) is 15.1. The largest absolute Gasteiger partial charge is 0.320 e. The van der Waals surface area contributed by atoms with Crippen molar-refractivity contribution in [3.05, 3.63) is 48.8 Å². The van der Waals surface area contributed by atoms with Crippen LogP contribution in [0.2, 0.25) is 0 Å². The summed E-state index contributed by atoms with van der Waals surface area (Å²) >= 11 is 0. The molecule has 0 aromatic carbocycles. The predicted molar refractivity (Wildman–Crippen MR) is 55.5 cm³/mol. The zero-order valence-electron chi connectivity index (χ0n) is 7.46. The lowest BCUT2D eigenvalue weighted by atomic mass is 10.3. The fourth-order valence-electron chi connectivity index (χ4n) is 1.14. The molecule has 14 heavy (non-hydrogen) atoms. The van der Waals surface area contributed by atoms with Crippen LogP contribution in [0.5, 0.6) is 0 Å². The van der Waals surface area contributed by atoms with Crippen molar-refractivity contribution in [2.75, 3.05) is 4.90 Å². The molecular formula is C10H9N4. The van der Waals surface area contributed by atoms with Crippen LogP contribution in [0.1, 0.15) is 0 Å². The van der Waals surface area contributed by atoms with E-state index in [0.717, 1.165) is 5.69 Å². The first-order valence-corrected chi connectivity index (χ1v) is 4.18. The van der Waals surface area contributed by atoms with E-state index in [4.69, 9.17) is 5.73 Å². The number of aliphatic imine (C=N–C) groups is 1. The van der Waals surface area contributed by atoms with E-state index in [0.29, 0.717) is 5.70 Å². The minimum absolute atomic E-state index is 0.367. The Labute approximate surface area is 82.1 Å². The Morgan fingerprint density at radius 3 is 2.79 bits per heavy atom. The van der Waals surface area contributed by atoms with Crippen LogP contribution >= 0.6 is 0 Å². The lowest BCUT2D eigenvalue weighted by Crippen LogP contribution is -2.07. The lowest BCUT2D eigenvalue weighted by Gasteiger charge is -2.13. The molecule has 1 radical (unpaired) electrons. The average molecular weight is 185 g/mol. The van der Waals surface area contributed by atoms with Crippen LogP contribution in [0.4, 0.5) is 5.69 Å². The van der Waals surface area contributed by atoms with Crippen molar-refractivity contribution in [1.29, 1.82) is 0 Å². The van der Waals surface area contributed by atoms with Gasteiger partial charge < -0.3 is 4.90 Å². The van der Waals surface area contributed by atoms with Gasteiger partial charge in [0.2, 0.25) is 0 Å². The van der Waals surface area contributed by atoms with Crippen LogP contribution in [0.3, 0.4) is 0 Å². The van der Waals surface area contributed by atoms with E-state index in [1.165, 1.54) is 6.21 Å². The van der Waals surface area contributed by atoms with Crippen LogP contribution < -0.4 is 10.6 Å². The number of hydrogen-bond donors (Lipinski definition) is 0. The van der Waals surface area contributed by atoms with Gasteiger partial charge in [-0.2, -0.15) is 0 Å². The SMILES string of the molecule is [NH]C1=CN(c2ccncc2)C=CN=C1. The number of anilines is 1. The van der Waals surface area contributed by atoms with Crippen molar-refractivity contribution in [2.24, 2.45) is 4.99 Å². The summed E-state index contributed by atoms with van der Waals surface area (Å²) in [5.41, 5.74) is 8.84. The number of aromatic nitrogens is 1. The minimum Gasteiger partial charge on any atom is -0.320 e. The molecule has 4 nitrogen and oxygen atoms in total. The van der Waals surface area contributed by atoms with Gasteiger partial charge in [-0.1, -0.05) is 0 Å². The summed E-state index contributed by atoms with van der Waals surface area (Å²) in [6, 6.07) is 3.75. The van der Waals surface area contributed by atoms with Crippen molar-refractivity contribution in [2.45, 2.75) is 0 Å². The van der Waals surface area contributed by atoms with Gasteiger partial charge in [-0.15, -0.1) is 0 Å². The first-order valence-electron chi connectivity index (χ1n) is 4.18. The topological polar surface area (TPSA) is 52.3 Å². The molecule has 4 heteroatoms. The van der Waals surface area contributed by atoms with E-state index >= 15 is 0 Å². The van der Waals surface area contributed by atoms with Gasteiger partial charge in [0, 0.05) is 36.7 Å². The molecule has 1 N–H and O–H groups in total. The first kappa shape index (κ1) is 8.50. The number of nitrogens with zero attached hydrogens (tertiary/aromatic N) is 3. The summed E-state index contributed by atoms with van der Waals surface area (Å²) in [5.74, 6) is 0. The molecular weight excluding hydrogens is 176 g/mol. The highest BCUT2D eigenvalue weighted by Crippen LogP contribution is 2.14. The summed E-state index contributed by atoms with van der Waals surface area (Å²) in [4.78, 5) is 9.67. The maximum Gasteiger partial charge on any atom is 0.0888 e. The monoisotopic (exact) mass is 185 g/mol. The second kappa shape index (κ2) is 3.74. The minimum atomic E-state index is 0.367. The maximum atomic E-state index is 7.51. The fraction of sp³-hybridized carbons (Fsp3) is 0. The lowest BCUT2D eigenvalue weighted by molar-refractivity contribution is 1.22. The van der Waals surface area contributed by atoms with Crippen LogP contribution in [-0.4, -0.2) is 11.2 Å². The van der Waals surface area contributed by atoms with E-state index < -0.39 is 0 Å². The van der Waals surface area contributed by atoms with Gasteiger partial charge in [-0.3, -0.25) is 15.7 Å². The number of allylic oxidation sites excluding steroid dienone is 1. The zero-order valence-corrected chi connectivity index (χ0v) is 7.46. The van der Waals surface area contributed by atoms with E-state index in [2.05, 4.69) is 9.98 Å². The number of hydrogen-bond acceptors (Lipinski definition) is 3. The molecule has 2 heterocycles. The van der Waals surface area contributed by atoms with Crippen molar-refractivity contribution >= 4 is 11.9 Å². The van der Waals surface area contributed by atoms with Gasteiger partial charge >= 0.3 is 0 Å². The summed E-state index contributed by atoms with van der Waals surface area (Å²) < 4.78 is 0. The second-order valence-corrected chi connectivity index (χ2v) is 2.77. The summed E-state index contributed by atoms with van der Waals surface area (Å²) in [7, 11) is 0. The van der Waals surface area contributed by atoms with Crippen molar-refractivity contribution < 1.29 is 0 Å². The third-order valence-electron chi connectivity index (χ3n) is 1.77. The molecule has 1 aromatic rings. The van der Waals surface area contributed by atoms with Gasteiger partial charge in [0.15, 0.2) is 0 Å². The molecule has 0 aliphatic carbocycles.